The van der Waals surface area contributed by atoms with Crippen LogP contribution in [0.4, 0.5) is 5.82 Å². The van der Waals surface area contributed by atoms with Gasteiger partial charge in [0.15, 0.2) is 5.82 Å². The fourth-order valence-corrected chi connectivity index (χ4v) is 3.27. The monoisotopic (exact) mass is 319 g/mol. The van der Waals surface area contributed by atoms with Crippen LogP contribution >= 0.6 is 0 Å². The summed E-state index contributed by atoms with van der Waals surface area (Å²) in [6.45, 7) is 3.64. The van der Waals surface area contributed by atoms with E-state index in [1.54, 1.807) is 6.20 Å². The molecule has 2 fully saturated rings. The summed E-state index contributed by atoms with van der Waals surface area (Å²) in [7, 11) is 0. The molecule has 0 saturated carbocycles. The van der Waals surface area contributed by atoms with Crippen LogP contribution in [-0.4, -0.2) is 61.0 Å². The first kappa shape index (κ1) is 16.1. The molecule has 23 heavy (non-hydrogen) atoms. The second-order valence-electron chi connectivity index (χ2n) is 6.16. The Bertz CT molecular complexity index is 493. The molecule has 2 saturated heterocycles. The molecule has 0 spiro atoms. The predicted molar refractivity (Wildman–Crippen MR) is 87.3 cm³/mol. The lowest BCUT2D eigenvalue weighted by atomic mass is 10.1. The normalized spacial score (nSPS) is 22.3. The van der Waals surface area contributed by atoms with Crippen LogP contribution in [0.3, 0.4) is 0 Å². The Balaban J connectivity index is 1.40. The molecule has 0 radical (unpaired) electrons. The molecule has 1 atom stereocenters. The van der Waals surface area contributed by atoms with E-state index in [0.29, 0.717) is 12.6 Å². The Morgan fingerprint density at radius 3 is 3.00 bits per heavy atom. The Morgan fingerprint density at radius 1 is 1.35 bits per heavy atom. The molecule has 2 N–H and O–H groups in total. The van der Waals surface area contributed by atoms with Crippen molar-refractivity contribution in [3.63, 3.8) is 0 Å². The summed E-state index contributed by atoms with van der Waals surface area (Å²) < 4.78 is 5.30. The Kier molecular flexibility index (Phi) is 5.76. The van der Waals surface area contributed by atoms with Gasteiger partial charge in [0.1, 0.15) is 0 Å². The van der Waals surface area contributed by atoms with E-state index in [0.717, 1.165) is 57.8 Å². The Labute approximate surface area is 136 Å². The SMILES string of the molecule is O=C(CNC[C@@H]1CCCN1c1cccnn1)NC1CCOCC1. The van der Waals surface area contributed by atoms with Gasteiger partial charge in [0.2, 0.25) is 5.91 Å². The first-order valence-corrected chi connectivity index (χ1v) is 8.45. The molecule has 0 unspecified atom stereocenters. The summed E-state index contributed by atoms with van der Waals surface area (Å²) in [5.41, 5.74) is 0. The Morgan fingerprint density at radius 2 is 2.22 bits per heavy atom. The highest BCUT2D eigenvalue weighted by molar-refractivity contribution is 5.78. The van der Waals surface area contributed by atoms with Gasteiger partial charge in [-0.3, -0.25) is 4.79 Å². The Hall–Kier alpha value is -1.73. The quantitative estimate of drug-likeness (QED) is 0.787. The number of hydrogen-bond donors (Lipinski definition) is 2. The first-order valence-electron chi connectivity index (χ1n) is 8.45. The fraction of sp³-hybridized carbons (Fsp3) is 0.688. The van der Waals surface area contributed by atoms with Gasteiger partial charge < -0.3 is 20.3 Å². The van der Waals surface area contributed by atoms with Crippen molar-refractivity contribution >= 4 is 11.7 Å². The van der Waals surface area contributed by atoms with Crippen molar-refractivity contribution in [3.05, 3.63) is 18.3 Å². The van der Waals surface area contributed by atoms with Crippen molar-refractivity contribution in [2.45, 2.75) is 37.8 Å². The van der Waals surface area contributed by atoms with Crippen LogP contribution < -0.4 is 15.5 Å². The number of nitrogens with zero attached hydrogens (tertiary/aromatic N) is 3. The largest absolute Gasteiger partial charge is 0.381 e. The van der Waals surface area contributed by atoms with E-state index in [-0.39, 0.29) is 11.9 Å². The molecule has 2 aliphatic rings. The molecule has 1 aromatic heterocycles. The lowest BCUT2D eigenvalue weighted by molar-refractivity contribution is -0.121. The van der Waals surface area contributed by atoms with Crippen molar-refractivity contribution in [2.24, 2.45) is 0 Å². The number of carbonyl (C=O) groups excluding carboxylic acids is 1. The summed E-state index contributed by atoms with van der Waals surface area (Å²) in [4.78, 5) is 14.3. The van der Waals surface area contributed by atoms with Gasteiger partial charge >= 0.3 is 0 Å². The average molecular weight is 319 g/mol. The van der Waals surface area contributed by atoms with Crippen LogP contribution in [0, 0.1) is 0 Å². The maximum absolute atomic E-state index is 12.0. The lowest BCUT2D eigenvalue weighted by Gasteiger charge is -2.26. The van der Waals surface area contributed by atoms with E-state index in [2.05, 4.69) is 25.7 Å². The molecule has 7 nitrogen and oxygen atoms in total. The molecule has 0 bridgehead atoms. The van der Waals surface area contributed by atoms with E-state index >= 15 is 0 Å². The highest BCUT2D eigenvalue weighted by atomic mass is 16.5. The minimum absolute atomic E-state index is 0.0703. The number of rotatable bonds is 6. The summed E-state index contributed by atoms with van der Waals surface area (Å²) >= 11 is 0. The highest BCUT2D eigenvalue weighted by Crippen LogP contribution is 2.22. The van der Waals surface area contributed by atoms with Crippen LogP contribution in [-0.2, 0) is 9.53 Å². The average Bonchev–Trinajstić information content (AvgIpc) is 3.05. The van der Waals surface area contributed by atoms with Gasteiger partial charge in [-0.1, -0.05) is 0 Å². The van der Waals surface area contributed by atoms with Crippen LogP contribution in [0.5, 0.6) is 0 Å². The van der Waals surface area contributed by atoms with E-state index < -0.39 is 0 Å². The summed E-state index contributed by atoms with van der Waals surface area (Å²) in [6, 6.07) is 4.54. The number of carbonyl (C=O) groups is 1. The molecule has 7 heteroatoms. The smallest absolute Gasteiger partial charge is 0.234 e. The molecule has 3 rings (SSSR count). The number of nitrogens with one attached hydrogen (secondary N) is 2. The third-order valence-corrected chi connectivity index (χ3v) is 4.48. The van der Waals surface area contributed by atoms with Gasteiger partial charge in [0.05, 0.1) is 6.54 Å². The molecule has 1 amide bonds. The van der Waals surface area contributed by atoms with E-state index in [1.165, 1.54) is 0 Å². The lowest BCUT2D eigenvalue weighted by Crippen LogP contribution is -2.45. The van der Waals surface area contributed by atoms with Crippen molar-refractivity contribution in [2.75, 3.05) is 37.7 Å². The van der Waals surface area contributed by atoms with Crippen molar-refractivity contribution in [3.8, 4) is 0 Å². The zero-order chi connectivity index (χ0) is 15.9. The predicted octanol–water partition coefficient (Wildman–Crippen LogP) is 0.330. The highest BCUT2D eigenvalue weighted by Gasteiger charge is 2.25. The maximum Gasteiger partial charge on any atom is 0.234 e. The summed E-state index contributed by atoms with van der Waals surface area (Å²) in [5, 5.41) is 14.5. The van der Waals surface area contributed by atoms with Gasteiger partial charge in [-0.05, 0) is 37.8 Å². The summed E-state index contributed by atoms with van der Waals surface area (Å²) in [6.07, 6.45) is 5.78. The second-order valence-corrected chi connectivity index (χ2v) is 6.16. The minimum Gasteiger partial charge on any atom is -0.381 e. The standard InChI is InChI=1S/C16H25N5O2/c22-16(19-13-5-9-23-10-6-13)12-17-11-14-3-2-8-21(14)15-4-1-7-18-20-15/h1,4,7,13-14,17H,2-3,5-6,8-12H2,(H,19,22)/t14-/m0/s1. The third-order valence-electron chi connectivity index (χ3n) is 4.48. The van der Waals surface area contributed by atoms with E-state index in [4.69, 9.17) is 4.74 Å². The van der Waals surface area contributed by atoms with Crippen LogP contribution in [0.15, 0.2) is 18.3 Å². The van der Waals surface area contributed by atoms with E-state index in [9.17, 15) is 4.79 Å². The molecule has 0 aromatic carbocycles. The molecule has 0 aliphatic carbocycles. The van der Waals surface area contributed by atoms with Crippen LogP contribution in [0.25, 0.3) is 0 Å². The van der Waals surface area contributed by atoms with Gasteiger partial charge in [-0.15, -0.1) is 5.10 Å². The second kappa shape index (κ2) is 8.21. The number of anilines is 1. The minimum atomic E-state index is 0.0703. The number of hydrogen-bond acceptors (Lipinski definition) is 6. The van der Waals surface area contributed by atoms with Crippen molar-refractivity contribution in [1.82, 2.24) is 20.8 Å². The number of amides is 1. The molecule has 3 heterocycles. The number of ether oxygens (including phenoxy) is 1. The van der Waals surface area contributed by atoms with Gasteiger partial charge in [-0.25, -0.2) is 0 Å². The molecule has 2 aliphatic heterocycles. The molecular formula is C16H25N5O2. The van der Waals surface area contributed by atoms with Crippen LogP contribution in [0.1, 0.15) is 25.7 Å². The maximum atomic E-state index is 12.0. The molecule has 1 aromatic rings. The topological polar surface area (TPSA) is 79.4 Å². The van der Waals surface area contributed by atoms with Gasteiger partial charge in [0.25, 0.3) is 0 Å². The zero-order valence-electron chi connectivity index (χ0n) is 13.4. The third kappa shape index (κ3) is 4.62. The van der Waals surface area contributed by atoms with Gasteiger partial charge in [-0.2, -0.15) is 5.10 Å². The van der Waals surface area contributed by atoms with Crippen molar-refractivity contribution < 1.29 is 9.53 Å². The van der Waals surface area contributed by atoms with Crippen LogP contribution in [0.2, 0.25) is 0 Å². The number of aromatic nitrogens is 2. The first-order chi connectivity index (χ1) is 11.3. The molecule has 126 valence electrons. The summed E-state index contributed by atoms with van der Waals surface area (Å²) in [5.74, 6) is 0.990. The van der Waals surface area contributed by atoms with Crippen molar-refractivity contribution in [1.29, 1.82) is 0 Å². The van der Waals surface area contributed by atoms with Gasteiger partial charge in [0, 0.05) is 44.6 Å². The fourth-order valence-electron chi connectivity index (χ4n) is 3.27. The zero-order valence-corrected chi connectivity index (χ0v) is 13.4. The molecular weight excluding hydrogens is 294 g/mol. The van der Waals surface area contributed by atoms with E-state index in [1.807, 2.05) is 12.1 Å².